The topological polar surface area (TPSA) is 15.3 Å². The molecule has 4 heteroatoms. The van der Waals surface area contributed by atoms with Crippen molar-refractivity contribution in [1.82, 2.24) is 4.57 Å². The Morgan fingerprint density at radius 3 is 1.97 bits per heavy atom. The van der Waals surface area contributed by atoms with Crippen LogP contribution < -0.4 is 14.4 Å². The summed E-state index contributed by atoms with van der Waals surface area (Å²) in [5.74, 6) is 2.01. The fourth-order valence-electron chi connectivity index (χ4n) is 6.54. The van der Waals surface area contributed by atoms with Crippen molar-refractivity contribution in [3.05, 3.63) is 101 Å². The minimum absolute atomic E-state index is 0.107. The number of para-hydroxylation sites is 3. The summed E-state index contributed by atoms with van der Waals surface area (Å²) >= 11 is 0. The van der Waals surface area contributed by atoms with E-state index in [0.29, 0.717) is 11.8 Å². The van der Waals surface area contributed by atoms with Crippen LogP contribution in [0.5, 0.6) is 0 Å². The van der Waals surface area contributed by atoms with Crippen molar-refractivity contribution in [2.45, 2.75) is 78.9 Å². The third kappa shape index (κ3) is 4.02. The van der Waals surface area contributed by atoms with Gasteiger partial charge in [-0.3, -0.25) is 0 Å². The Morgan fingerprint density at radius 1 is 0.789 bits per heavy atom. The van der Waals surface area contributed by atoms with Gasteiger partial charge >= 0.3 is 5.95 Å². The minimum atomic E-state index is -0.204. The van der Waals surface area contributed by atoms with Gasteiger partial charge in [0.25, 0.3) is 0 Å². The van der Waals surface area contributed by atoms with Crippen LogP contribution in [0.3, 0.4) is 0 Å². The molecule has 0 unspecified atom stereocenters. The minimum Gasteiger partial charge on any atom is -0.327 e. The summed E-state index contributed by atoms with van der Waals surface area (Å²) in [4.78, 5) is 5.12. The second-order valence-corrected chi connectivity index (χ2v) is 11.9. The first-order chi connectivity index (χ1) is 18.1. The molecule has 5 rings (SSSR count). The Kier molecular flexibility index (Phi) is 6.63. The summed E-state index contributed by atoms with van der Waals surface area (Å²) in [6, 6.07) is 24.5. The number of imidazole rings is 1. The fraction of sp³-hybridized carbons (Fsp3) is 0.382. The van der Waals surface area contributed by atoms with E-state index in [2.05, 4.69) is 160 Å². The molecule has 0 saturated heterocycles. The zero-order valence-electron chi connectivity index (χ0n) is 24.5. The van der Waals surface area contributed by atoms with Gasteiger partial charge in [0, 0.05) is 0 Å². The summed E-state index contributed by atoms with van der Waals surface area (Å²) in [6.45, 7) is 18.5. The lowest BCUT2D eigenvalue weighted by Crippen LogP contribution is -2.51. The van der Waals surface area contributed by atoms with E-state index in [-0.39, 0.29) is 11.7 Å². The molecule has 1 atom stereocenters. The number of aryl methyl sites for hydroxylation is 2. The first kappa shape index (κ1) is 26.1. The standard InChI is InChI=1S/C34H43N4/c1-23(2)27-16-14-17-28(24(3)4)32(27)36-22-21-35(9)33(36)37-26(6)38(31-20-13-12-19-30(31)37)34(7,8)29-18-11-10-15-25(29)5/h10-24,26H,1-9H3/q+1/t26-/m1/s1. The number of anilines is 3. The van der Waals surface area contributed by atoms with E-state index >= 15 is 0 Å². The zero-order chi connectivity index (χ0) is 27.4. The molecule has 4 nitrogen and oxygen atoms in total. The smallest absolute Gasteiger partial charge is 0.327 e. The van der Waals surface area contributed by atoms with Crippen LogP contribution in [0.15, 0.2) is 79.1 Å². The molecule has 0 bridgehead atoms. The highest BCUT2D eigenvalue weighted by atomic mass is 15.5. The molecule has 4 aromatic rings. The number of hydrogen-bond acceptors (Lipinski definition) is 2. The molecule has 0 saturated carbocycles. The van der Waals surface area contributed by atoms with Crippen molar-refractivity contribution in [3.63, 3.8) is 0 Å². The van der Waals surface area contributed by atoms with Crippen molar-refractivity contribution in [2.24, 2.45) is 7.05 Å². The van der Waals surface area contributed by atoms with Crippen molar-refractivity contribution >= 4 is 17.3 Å². The van der Waals surface area contributed by atoms with Gasteiger partial charge in [-0.25, -0.2) is 14.0 Å². The Bertz CT molecular complexity index is 1430. The largest absolute Gasteiger partial charge is 0.371 e. The lowest BCUT2D eigenvalue weighted by atomic mass is 9.88. The summed E-state index contributed by atoms with van der Waals surface area (Å²) < 4.78 is 4.71. The summed E-state index contributed by atoms with van der Waals surface area (Å²) in [7, 11) is 2.17. The molecule has 0 amide bonds. The molecular formula is C34H43N4+. The van der Waals surface area contributed by atoms with Crippen molar-refractivity contribution in [2.75, 3.05) is 9.80 Å². The quantitative estimate of drug-likeness (QED) is 0.245. The third-order valence-electron chi connectivity index (χ3n) is 8.32. The van der Waals surface area contributed by atoms with Gasteiger partial charge in [0.1, 0.15) is 17.6 Å². The van der Waals surface area contributed by atoms with Crippen LogP contribution in [0.25, 0.3) is 5.69 Å². The molecule has 38 heavy (non-hydrogen) atoms. The van der Waals surface area contributed by atoms with Gasteiger partial charge < -0.3 is 4.90 Å². The molecule has 198 valence electrons. The molecule has 0 radical (unpaired) electrons. The average Bonchev–Trinajstić information content (AvgIpc) is 3.39. The molecule has 0 spiro atoms. The zero-order valence-corrected chi connectivity index (χ0v) is 24.5. The van der Waals surface area contributed by atoms with Gasteiger partial charge in [-0.1, -0.05) is 82.3 Å². The van der Waals surface area contributed by atoms with Gasteiger partial charge in [-0.15, -0.1) is 0 Å². The van der Waals surface area contributed by atoms with Gasteiger partial charge in [0.15, 0.2) is 6.17 Å². The molecule has 2 heterocycles. The Labute approximate surface area is 229 Å². The van der Waals surface area contributed by atoms with E-state index in [1.807, 2.05) is 0 Å². The Morgan fingerprint density at radius 2 is 1.37 bits per heavy atom. The molecule has 1 aromatic heterocycles. The van der Waals surface area contributed by atoms with E-state index in [0.717, 1.165) is 0 Å². The molecule has 3 aromatic carbocycles. The Balaban J connectivity index is 1.73. The van der Waals surface area contributed by atoms with Crippen LogP contribution in [-0.4, -0.2) is 10.7 Å². The summed E-state index contributed by atoms with van der Waals surface area (Å²) in [6.07, 6.45) is 4.55. The second kappa shape index (κ2) is 9.65. The number of benzene rings is 3. The molecule has 0 N–H and O–H groups in total. The summed E-state index contributed by atoms with van der Waals surface area (Å²) in [5.41, 5.74) is 9.06. The second-order valence-electron chi connectivity index (χ2n) is 11.9. The van der Waals surface area contributed by atoms with Gasteiger partial charge in [-0.05, 0) is 73.9 Å². The van der Waals surface area contributed by atoms with Crippen molar-refractivity contribution in [3.8, 4) is 5.69 Å². The molecular weight excluding hydrogens is 464 g/mol. The molecule has 0 aliphatic carbocycles. The van der Waals surface area contributed by atoms with E-state index in [1.54, 1.807) is 0 Å². The predicted octanol–water partition coefficient (Wildman–Crippen LogP) is 8.10. The van der Waals surface area contributed by atoms with Crippen LogP contribution in [-0.2, 0) is 12.6 Å². The van der Waals surface area contributed by atoms with E-state index in [4.69, 9.17) is 0 Å². The number of fused-ring (bicyclic) bond motifs is 1. The lowest BCUT2D eigenvalue weighted by molar-refractivity contribution is -0.657. The van der Waals surface area contributed by atoms with E-state index < -0.39 is 0 Å². The van der Waals surface area contributed by atoms with Crippen LogP contribution >= 0.6 is 0 Å². The highest BCUT2D eigenvalue weighted by Crippen LogP contribution is 2.49. The van der Waals surface area contributed by atoms with Crippen molar-refractivity contribution in [1.29, 1.82) is 0 Å². The van der Waals surface area contributed by atoms with Crippen LogP contribution in [0.1, 0.15) is 82.6 Å². The average molecular weight is 508 g/mol. The number of nitrogens with zero attached hydrogens (tertiary/aromatic N) is 4. The maximum Gasteiger partial charge on any atom is 0.371 e. The molecule has 1 aliphatic rings. The normalized spacial score (nSPS) is 15.6. The van der Waals surface area contributed by atoms with E-state index in [1.165, 1.54) is 45.3 Å². The molecule has 0 fully saturated rings. The number of rotatable bonds is 6. The highest BCUT2D eigenvalue weighted by Gasteiger charge is 2.48. The third-order valence-corrected chi connectivity index (χ3v) is 8.32. The van der Waals surface area contributed by atoms with Crippen LogP contribution in [0.2, 0.25) is 0 Å². The lowest BCUT2D eigenvalue weighted by Gasteiger charge is -2.41. The maximum absolute atomic E-state index is 2.60. The number of hydrogen-bond donors (Lipinski definition) is 0. The monoisotopic (exact) mass is 507 g/mol. The van der Waals surface area contributed by atoms with Crippen LogP contribution in [0, 0.1) is 6.92 Å². The van der Waals surface area contributed by atoms with Gasteiger partial charge in [-0.2, -0.15) is 0 Å². The maximum atomic E-state index is 2.60. The SMILES string of the molecule is Cc1ccccc1C(C)(C)N1c2ccccc2N(c2n(-c3c(C(C)C)cccc3C(C)C)cc[n+]2C)[C@H]1C. The van der Waals surface area contributed by atoms with Gasteiger partial charge in [0.05, 0.1) is 24.5 Å². The van der Waals surface area contributed by atoms with Crippen molar-refractivity contribution < 1.29 is 4.57 Å². The first-order valence-electron chi connectivity index (χ1n) is 14.0. The van der Waals surface area contributed by atoms with Crippen LogP contribution in [0.4, 0.5) is 17.3 Å². The predicted molar refractivity (Wildman–Crippen MR) is 160 cm³/mol. The highest BCUT2D eigenvalue weighted by molar-refractivity contribution is 5.83. The van der Waals surface area contributed by atoms with E-state index in [9.17, 15) is 0 Å². The molecule has 1 aliphatic heterocycles. The summed E-state index contributed by atoms with van der Waals surface area (Å²) in [5, 5.41) is 0. The first-order valence-corrected chi connectivity index (χ1v) is 14.0. The fourth-order valence-corrected chi connectivity index (χ4v) is 6.54. The van der Waals surface area contributed by atoms with Gasteiger partial charge in [0.2, 0.25) is 0 Å². The number of aromatic nitrogens is 2. The Hall–Kier alpha value is -3.53.